The van der Waals surface area contributed by atoms with Crippen LogP contribution in [-0.2, 0) is 11.8 Å². The smallest absolute Gasteiger partial charge is 0.124 e. The van der Waals surface area contributed by atoms with Crippen LogP contribution >= 0.6 is 0 Å². The molecule has 0 radical (unpaired) electrons. The van der Waals surface area contributed by atoms with E-state index in [9.17, 15) is 5.26 Å². The summed E-state index contributed by atoms with van der Waals surface area (Å²) in [5.74, 6) is 1.65. The largest absolute Gasteiger partial charge is 0.496 e. The number of nitriles is 1. The van der Waals surface area contributed by atoms with Crippen LogP contribution in [0.5, 0.6) is 11.5 Å². The van der Waals surface area contributed by atoms with E-state index in [2.05, 4.69) is 6.07 Å². The van der Waals surface area contributed by atoms with E-state index in [1.165, 1.54) is 0 Å². The fraction of sp³-hybridized carbons (Fsp3) is 0.278. The minimum atomic E-state index is -0.552. The quantitative estimate of drug-likeness (QED) is 0.863. The number of fused-ring (bicyclic) bond motifs is 1. The summed E-state index contributed by atoms with van der Waals surface area (Å²) < 4.78 is 11.1. The van der Waals surface area contributed by atoms with Crippen LogP contribution in [-0.4, -0.2) is 13.7 Å². The lowest BCUT2D eigenvalue weighted by Gasteiger charge is -2.33. The van der Waals surface area contributed by atoms with Crippen molar-refractivity contribution in [2.45, 2.75) is 18.3 Å². The van der Waals surface area contributed by atoms with Gasteiger partial charge in [0.05, 0.1) is 25.2 Å². The van der Waals surface area contributed by atoms with Crippen LogP contribution in [0.25, 0.3) is 0 Å². The Balaban J connectivity index is 2.05. The fourth-order valence-corrected chi connectivity index (χ4v) is 2.97. The summed E-state index contributed by atoms with van der Waals surface area (Å²) >= 11 is 0. The van der Waals surface area contributed by atoms with Crippen molar-refractivity contribution in [1.29, 1.82) is 5.26 Å². The first kappa shape index (κ1) is 13.5. The van der Waals surface area contributed by atoms with Gasteiger partial charge in [-0.25, -0.2) is 0 Å². The highest BCUT2D eigenvalue weighted by atomic mass is 16.5. The van der Waals surface area contributed by atoms with Crippen LogP contribution in [0.15, 0.2) is 48.5 Å². The fourth-order valence-electron chi connectivity index (χ4n) is 2.97. The molecule has 0 N–H and O–H groups in total. The third-order valence-corrected chi connectivity index (χ3v) is 4.09. The SMILES string of the molecule is COc1ccccc1CC1(C#N)CCOc2ccccc21. The van der Waals surface area contributed by atoms with Gasteiger partial charge < -0.3 is 9.47 Å². The molecule has 0 amide bonds. The van der Waals surface area contributed by atoms with Gasteiger partial charge in [-0.3, -0.25) is 0 Å². The van der Waals surface area contributed by atoms with Gasteiger partial charge >= 0.3 is 0 Å². The van der Waals surface area contributed by atoms with Crippen molar-refractivity contribution >= 4 is 0 Å². The van der Waals surface area contributed by atoms with Crippen LogP contribution in [0.1, 0.15) is 17.5 Å². The van der Waals surface area contributed by atoms with E-state index < -0.39 is 5.41 Å². The van der Waals surface area contributed by atoms with E-state index in [1.807, 2.05) is 48.5 Å². The molecule has 0 saturated heterocycles. The average molecular weight is 279 g/mol. The maximum atomic E-state index is 9.87. The molecular formula is C18H17NO2. The van der Waals surface area contributed by atoms with Crippen molar-refractivity contribution in [3.05, 3.63) is 59.7 Å². The molecular weight excluding hydrogens is 262 g/mol. The highest BCUT2D eigenvalue weighted by molar-refractivity contribution is 5.48. The van der Waals surface area contributed by atoms with E-state index in [0.717, 1.165) is 22.6 Å². The summed E-state index contributed by atoms with van der Waals surface area (Å²) in [5.41, 5.74) is 1.48. The summed E-state index contributed by atoms with van der Waals surface area (Å²) in [5, 5.41) is 9.87. The summed E-state index contributed by atoms with van der Waals surface area (Å²) in [6.45, 7) is 0.569. The van der Waals surface area contributed by atoms with E-state index in [0.29, 0.717) is 19.4 Å². The number of para-hydroxylation sites is 2. The van der Waals surface area contributed by atoms with Crippen molar-refractivity contribution in [3.8, 4) is 17.6 Å². The maximum absolute atomic E-state index is 9.87. The van der Waals surface area contributed by atoms with Crippen LogP contribution in [0.2, 0.25) is 0 Å². The Morgan fingerprint density at radius 3 is 2.76 bits per heavy atom. The van der Waals surface area contributed by atoms with Gasteiger partial charge in [-0.2, -0.15) is 5.26 Å². The minimum Gasteiger partial charge on any atom is -0.496 e. The Labute approximate surface area is 124 Å². The maximum Gasteiger partial charge on any atom is 0.124 e. The second kappa shape index (κ2) is 5.49. The Morgan fingerprint density at radius 1 is 1.19 bits per heavy atom. The van der Waals surface area contributed by atoms with Gasteiger partial charge in [0.25, 0.3) is 0 Å². The molecule has 1 aliphatic heterocycles. The van der Waals surface area contributed by atoms with Gasteiger partial charge in [-0.15, -0.1) is 0 Å². The topological polar surface area (TPSA) is 42.2 Å². The molecule has 0 saturated carbocycles. The van der Waals surface area contributed by atoms with Gasteiger partial charge in [0.2, 0.25) is 0 Å². The number of ether oxygens (including phenoxy) is 2. The lowest BCUT2D eigenvalue weighted by Crippen LogP contribution is -2.33. The van der Waals surface area contributed by atoms with Crippen molar-refractivity contribution in [1.82, 2.24) is 0 Å². The standard InChI is InChI=1S/C18H17NO2/c1-20-16-8-4-2-6-14(16)12-18(13-19)10-11-21-17-9-5-3-7-15(17)18/h2-9H,10-12H2,1H3. The molecule has 3 rings (SSSR count). The second-order valence-corrected chi connectivity index (χ2v) is 5.28. The van der Waals surface area contributed by atoms with Gasteiger partial charge in [0.15, 0.2) is 0 Å². The third kappa shape index (κ3) is 2.34. The molecule has 106 valence electrons. The minimum absolute atomic E-state index is 0.552. The molecule has 0 fully saturated rings. The first-order valence-electron chi connectivity index (χ1n) is 7.04. The van der Waals surface area contributed by atoms with E-state index >= 15 is 0 Å². The predicted octanol–water partition coefficient (Wildman–Crippen LogP) is 3.48. The monoisotopic (exact) mass is 279 g/mol. The summed E-state index contributed by atoms with van der Waals surface area (Å²) in [4.78, 5) is 0. The summed E-state index contributed by atoms with van der Waals surface area (Å²) in [7, 11) is 1.66. The molecule has 0 aromatic heterocycles. The lowest BCUT2D eigenvalue weighted by molar-refractivity contribution is 0.240. The lowest BCUT2D eigenvalue weighted by atomic mass is 9.73. The number of hydrogen-bond donors (Lipinski definition) is 0. The number of hydrogen-bond acceptors (Lipinski definition) is 3. The molecule has 0 aliphatic carbocycles. The molecule has 3 nitrogen and oxygen atoms in total. The number of benzene rings is 2. The molecule has 1 heterocycles. The van der Waals surface area contributed by atoms with Gasteiger partial charge in [0, 0.05) is 12.0 Å². The van der Waals surface area contributed by atoms with Crippen LogP contribution < -0.4 is 9.47 Å². The Hall–Kier alpha value is -2.47. The van der Waals surface area contributed by atoms with Crippen LogP contribution in [0.3, 0.4) is 0 Å². The van der Waals surface area contributed by atoms with Crippen LogP contribution in [0, 0.1) is 11.3 Å². The Kier molecular flexibility index (Phi) is 3.53. The van der Waals surface area contributed by atoms with E-state index in [-0.39, 0.29) is 0 Å². The molecule has 2 aromatic carbocycles. The molecule has 3 heteroatoms. The van der Waals surface area contributed by atoms with Gasteiger partial charge in [0.1, 0.15) is 11.5 Å². The summed E-state index contributed by atoms with van der Waals surface area (Å²) in [6.07, 6.45) is 1.33. The Bertz CT molecular complexity index is 690. The average Bonchev–Trinajstić information content (AvgIpc) is 2.55. The molecule has 0 bridgehead atoms. The molecule has 21 heavy (non-hydrogen) atoms. The first-order valence-corrected chi connectivity index (χ1v) is 7.04. The number of rotatable bonds is 3. The van der Waals surface area contributed by atoms with E-state index in [1.54, 1.807) is 7.11 Å². The van der Waals surface area contributed by atoms with Gasteiger partial charge in [-0.05, 0) is 24.1 Å². The highest BCUT2D eigenvalue weighted by Gasteiger charge is 2.38. The van der Waals surface area contributed by atoms with Gasteiger partial charge in [-0.1, -0.05) is 36.4 Å². The summed E-state index contributed by atoms with van der Waals surface area (Å²) in [6, 6.07) is 18.2. The molecule has 2 aromatic rings. The second-order valence-electron chi connectivity index (χ2n) is 5.28. The van der Waals surface area contributed by atoms with Crippen molar-refractivity contribution in [3.63, 3.8) is 0 Å². The Morgan fingerprint density at radius 2 is 1.95 bits per heavy atom. The zero-order valence-electron chi connectivity index (χ0n) is 12.0. The zero-order valence-corrected chi connectivity index (χ0v) is 12.0. The molecule has 1 unspecified atom stereocenters. The molecule has 0 spiro atoms. The number of nitrogens with zero attached hydrogens (tertiary/aromatic N) is 1. The highest BCUT2D eigenvalue weighted by Crippen LogP contribution is 2.41. The molecule has 1 atom stereocenters. The van der Waals surface area contributed by atoms with E-state index in [4.69, 9.17) is 9.47 Å². The van der Waals surface area contributed by atoms with Crippen molar-refractivity contribution in [2.24, 2.45) is 0 Å². The van der Waals surface area contributed by atoms with Crippen molar-refractivity contribution in [2.75, 3.05) is 13.7 Å². The normalized spacial score (nSPS) is 20.0. The predicted molar refractivity (Wildman–Crippen MR) is 80.5 cm³/mol. The first-order chi connectivity index (χ1) is 10.3. The third-order valence-electron chi connectivity index (χ3n) is 4.09. The van der Waals surface area contributed by atoms with Crippen LogP contribution in [0.4, 0.5) is 0 Å². The van der Waals surface area contributed by atoms with Crippen molar-refractivity contribution < 1.29 is 9.47 Å². The zero-order chi connectivity index (χ0) is 14.7. The molecule has 1 aliphatic rings. The number of methoxy groups -OCH3 is 1.